The van der Waals surface area contributed by atoms with Crippen LogP contribution in [0.2, 0.25) is 0 Å². The molecule has 1 aromatic rings. The summed E-state index contributed by atoms with van der Waals surface area (Å²) < 4.78 is 0. The standard InChI is InChI=1S/C15H19NO3S/c1-2-20-13-6-4-3-5-12(13)16-14(17)10-7-8-11(9-10)15(18)19/h3-6,10-11H,2,7-9H2,1H3,(H,16,17)(H,18,19). The quantitative estimate of drug-likeness (QED) is 0.818. The molecule has 1 fully saturated rings. The molecule has 1 saturated carbocycles. The third-order valence-corrected chi connectivity index (χ3v) is 4.55. The maximum atomic E-state index is 12.2. The number of para-hydroxylation sites is 1. The van der Waals surface area contributed by atoms with Crippen LogP contribution in [0.1, 0.15) is 26.2 Å². The zero-order chi connectivity index (χ0) is 14.5. The fraction of sp³-hybridized carbons (Fsp3) is 0.467. The fourth-order valence-electron chi connectivity index (χ4n) is 2.53. The summed E-state index contributed by atoms with van der Waals surface area (Å²) in [6.45, 7) is 2.07. The molecule has 1 amide bonds. The minimum absolute atomic E-state index is 0.0575. The molecular weight excluding hydrogens is 274 g/mol. The number of nitrogens with one attached hydrogen (secondary N) is 1. The first-order valence-corrected chi connectivity index (χ1v) is 7.86. The molecule has 2 unspecified atom stereocenters. The van der Waals surface area contributed by atoms with Gasteiger partial charge in [0.2, 0.25) is 5.91 Å². The van der Waals surface area contributed by atoms with Gasteiger partial charge < -0.3 is 10.4 Å². The number of rotatable bonds is 5. The summed E-state index contributed by atoms with van der Waals surface area (Å²) in [6.07, 6.45) is 1.70. The molecule has 1 aliphatic rings. The summed E-state index contributed by atoms with van der Waals surface area (Å²) in [7, 11) is 0. The number of carboxylic acid groups (broad SMARTS) is 1. The number of carboxylic acids is 1. The molecule has 1 aliphatic carbocycles. The summed E-state index contributed by atoms with van der Waals surface area (Å²) in [5.74, 6) is -0.459. The van der Waals surface area contributed by atoms with Crippen LogP contribution in [0.25, 0.3) is 0 Å². The Labute approximate surface area is 123 Å². The lowest BCUT2D eigenvalue weighted by molar-refractivity contribution is -0.141. The van der Waals surface area contributed by atoms with Gasteiger partial charge in [-0.05, 0) is 37.1 Å². The summed E-state index contributed by atoms with van der Waals surface area (Å²) >= 11 is 1.68. The Bertz CT molecular complexity index is 504. The lowest BCUT2D eigenvalue weighted by Gasteiger charge is -2.13. The van der Waals surface area contributed by atoms with E-state index >= 15 is 0 Å². The van der Waals surface area contributed by atoms with Gasteiger partial charge in [-0.25, -0.2) is 0 Å². The van der Waals surface area contributed by atoms with Crippen LogP contribution in [0.5, 0.6) is 0 Å². The number of carbonyl (C=O) groups is 2. The first kappa shape index (κ1) is 14.9. The molecule has 5 heteroatoms. The van der Waals surface area contributed by atoms with Gasteiger partial charge in [0.25, 0.3) is 0 Å². The van der Waals surface area contributed by atoms with Crippen molar-refractivity contribution >= 4 is 29.3 Å². The molecule has 0 heterocycles. The number of carbonyl (C=O) groups excluding carboxylic acids is 1. The van der Waals surface area contributed by atoms with Gasteiger partial charge in [0.1, 0.15) is 0 Å². The molecule has 2 atom stereocenters. The molecule has 0 saturated heterocycles. The van der Waals surface area contributed by atoms with E-state index in [-0.39, 0.29) is 17.7 Å². The Morgan fingerprint density at radius 2 is 2.00 bits per heavy atom. The van der Waals surface area contributed by atoms with E-state index in [0.29, 0.717) is 19.3 Å². The van der Waals surface area contributed by atoms with E-state index in [4.69, 9.17) is 5.11 Å². The maximum Gasteiger partial charge on any atom is 0.306 e. The van der Waals surface area contributed by atoms with Crippen LogP contribution in [0.3, 0.4) is 0 Å². The third-order valence-electron chi connectivity index (χ3n) is 3.60. The molecular formula is C15H19NO3S. The van der Waals surface area contributed by atoms with E-state index < -0.39 is 5.97 Å². The number of benzene rings is 1. The molecule has 2 N–H and O–H groups in total. The molecule has 1 aromatic carbocycles. The Kier molecular flexibility index (Phi) is 5.06. The average molecular weight is 293 g/mol. The van der Waals surface area contributed by atoms with E-state index in [1.807, 2.05) is 24.3 Å². The first-order chi connectivity index (χ1) is 9.61. The molecule has 0 radical (unpaired) electrons. The minimum Gasteiger partial charge on any atom is -0.481 e. The SMILES string of the molecule is CCSc1ccccc1NC(=O)C1CCC(C(=O)O)C1. The first-order valence-electron chi connectivity index (χ1n) is 6.87. The molecule has 108 valence electrons. The van der Waals surface area contributed by atoms with Crippen LogP contribution >= 0.6 is 11.8 Å². The lowest BCUT2D eigenvalue weighted by atomic mass is 10.0. The minimum atomic E-state index is -0.790. The molecule has 0 aliphatic heterocycles. The van der Waals surface area contributed by atoms with E-state index in [0.717, 1.165) is 16.3 Å². The van der Waals surface area contributed by atoms with Gasteiger partial charge in [-0.1, -0.05) is 19.1 Å². The zero-order valence-electron chi connectivity index (χ0n) is 11.5. The Morgan fingerprint density at radius 3 is 2.65 bits per heavy atom. The van der Waals surface area contributed by atoms with Crippen LogP contribution in [0.15, 0.2) is 29.2 Å². The van der Waals surface area contributed by atoms with Gasteiger partial charge >= 0.3 is 5.97 Å². The third kappa shape index (κ3) is 3.54. The van der Waals surface area contributed by atoms with Gasteiger partial charge in [0.15, 0.2) is 0 Å². The fourth-order valence-corrected chi connectivity index (χ4v) is 3.29. The Hall–Kier alpha value is -1.49. The van der Waals surface area contributed by atoms with Gasteiger partial charge in [-0.3, -0.25) is 9.59 Å². The summed E-state index contributed by atoms with van der Waals surface area (Å²) in [5, 5.41) is 11.9. The van der Waals surface area contributed by atoms with Crippen molar-refractivity contribution < 1.29 is 14.7 Å². The molecule has 0 aromatic heterocycles. The zero-order valence-corrected chi connectivity index (χ0v) is 12.3. The molecule has 0 spiro atoms. The van der Waals surface area contributed by atoms with Crippen molar-refractivity contribution in [3.05, 3.63) is 24.3 Å². The monoisotopic (exact) mass is 293 g/mol. The van der Waals surface area contributed by atoms with Crippen molar-refractivity contribution in [3.8, 4) is 0 Å². The van der Waals surface area contributed by atoms with Gasteiger partial charge in [-0.2, -0.15) is 0 Å². The van der Waals surface area contributed by atoms with Gasteiger partial charge in [0.05, 0.1) is 11.6 Å². The topological polar surface area (TPSA) is 66.4 Å². The highest BCUT2D eigenvalue weighted by Crippen LogP contribution is 2.33. The number of hydrogen-bond donors (Lipinski definition) is 2. The highest BCUT2D eigenvalue weighted by molar-refractivity contribution is 7.99. The van der Waals surface area contributed by atoms with Crippen LogP contribution < -0.4 is 5.32 Å². The van der Waals surface area contributed by atoms with Gasteiger partial charge in [-0.15, -0.1) is 11.8 Å². The van der Waals surface area contributed by atoms with Crippen LogP contribution in [0.4, 0.5) is 5.69 Å². The second kappa shape index (κ2) is 6.79. The number of hydrogen-bond acceptors (Lipinski definition) is 3. The molecule has 20 heavy (non-hydrogen) atoms. The molecule has 4 nitrogen and oxygen atoms in total. The number of aliphatic carboxylic acids is 1. The second-order valence-corrected chi connectivity index (χ2v) is 6.27. The lowest BCUT2D eigenvalue weighted by Crippen LogP contribution is -2.22. The van der Waals surface area contributed by atoms with Crippen molar-refractivity contribution in [3.63, 3.8) is 0 Å². The van der Waals surface area contributed by atoms with E-state index in [1.165, 1.54) is 0 Å². The van der Waals surface area contributed by atoms with Crippen molar-refractivity contribution in [2.75, 3.05) is 11.1 Å². The molecule has 2 rings (SSSR count). The Morgan fingerprint density at radius 1 is 1.30 bits per heavy atom. The highest BCUT2D eigenvalue weighted by Gasteiger charge is 2.33. The largest absolute Gasteiger partial charge is 0.481 e. The summed E-state index contributed by atoms with van der Waals surface area (Å²) in [5.41, 5.74) is 0.822. The highest BCUT2D eigenvalue weighted by atomic mass is 32.2. The van der Waals surface area contributed by atoms with Crippen molar-refractivity contribution in [2.45, 2.75) is 31.1 Å². The van der Waals surface area contributed by atoms with Crippen molar-refractivity contribution in [2.24, 2.45) is 11.8 Å². The summed E-state index contributed by atoms with van der Waals surface area (Å²) in [6, 6.07) is 7.71. The second-order valence-electron chi connectivity index (χ2n) is 4.96. The summed E-state index contributed by atoms with van der Waals surface area (Å²) in [4.78, 5) is 24.2. The van der Waals surface area contributed by atoms with E-state index in [9.17, 15) is 9.59 Å². The van der Waals surface area contributed by atoms with Crippen LogP contribution in [0, 0.1) is 11.8 Å². The van der Waals surface area contributed by atoms with Crippen LogP contribution in [-0.2, 0) is 9.59 Å². The normalized spacial score (nSPS) is 21.6. The predicted molar refractivity (Wildman–Crippen MR) is 79.9 cm³/mol. The van der Waals surface area contributed by atoms with Crippen molar-refractivity contribution in [1.82, 2.24) is 0 Å². The number of anilines is 1. The smallest absolute Gasteiger partial charge is 0.306 e. The van der Waals surface area contributed by atoms with E-state index in [1.54, 1.807) is 11.8 Å². The maximum absolute atomic E-state index is 12.2. The number of amides is 1. The predicted octanol–water partition coefficient (Wildman–Crippen LogP) is 3.24. The van der Waals surface area contributed by atoms with Crippen LogP contribution in [-0.4, -0.2) is 22.7 Å². The number of thioether (sulfide) groups is 1. The molecule has 0 bridgehead atoms. The van der Waals surface area contributed by atoms with Gasteiger partial charge in [0, 0.05) is 10.8 Å². The van der Waals surface area contributed by atoms with E-state index in [2.05, 4.69) is 12.2 Å². The Balaban J connectivity index is 2.00. The average Bonchev–Trinajstić information content (AvgIpc) is 2.91. The van der Waals surface area contributed by atoms with Crippen molar-refractivity contribution in [1.29, 1.82) is 0 Å².